The standard InChI is InChI=1S/C12H14O4/c1-8-7-10(15-11(8)13)16-12(14)9-5-3-2-4-6-9/h2-6,8,10-11,13H,7H2,1H3. The molecule has 86 valence electrons. The van der Waals surface area contributed by atoms with Gasteiger partial charge in [0.2, 0.25) is 6.29 Å². The van der Waals surface area contributed by atoms with Crippen molar-refractivity contribution in [2.75, 3.05) is 0 Å². The number of rotatable bonds is 2. The second kappa shape index (κ2) is 4.63. The molecular weight excluding hydrogens is 208 g/mol. The van der Waals surface area contributed by atoms with Crippen molar-refractivity contribution in [3.8, 4) is 0 Å². The third-order valence-electron chi connectivity index (χ3n) is 2.59. The molecule has 0 saturated carbocycles. The molecule has 0 aliphatic carbocycles. The van der Waals surface area contributed by atoms with Crippen LogP contribution in [0.4, 0.5) is 0 Å². The molecule has 1 aliphatic heterocycles. The highest BCUT2D eigenvalue weighted by Crippen LogP contribution is 2.25. The SMILES string of the molecule is CC1CC(OC(=O)c2ccccc2)OC1O. The van der Waals surface area contributed by atoms with E-state index in [2.05, 4.69) is 0 Å². The van der Waals surface area contributed by atoms with Gasteiger partial charge >= 0.3 is 5.97 Å². The van der Waals surface area contributed by atoms with Crippen LogP contribution in [-0.2, 0) is 9.47 Å². The predicted molar refractivity (Wildman–Crippen MR) is 56.5 cm³/mol. The minimum absolute atomic E-state index is 0.00595. The van der Waals surface area contributed by atoms with Crippen LogP contribution in [0.2, 0.25) is 0 Å². The molecule has 4 heteroatoms. The summed E-state index contributed by atoms with van der Waals surface area (Å²) < 4.78 is 10.2. The normalized spacial score (nSPS) is 29.0. The molecule has 3 unspecified atom stereocenters. The fourth-order valence-electron chi connectivity index (χ4n) is 1.60. The summed E-state index contributed by atoms with van der Waals surface area (Å²) in [5.74, 6) is -0.430. The first-order valence-electron chi connectivity index (χ1n) is 5.26. The lowest BCUT2D eigenvalue weighted by Crippen LogP contribution is -2.18. The monoisotopic (exact) mass is 222 g/mol. The van der Waals surface area contributed by atoms with Gasteiger partial charge in [-0.2, -0.15) is 0 Å². The van der Waals surface area contributed by atoms with Gasteiger partial charge < -0.3 is 14.6 Å². The summed E-state index contributed by atoms with van der Waals surface area (Å²) in [6, 6.07) is 8.72. The molecule has 1 heterocycles. The molecular formula is C12H14O4. The first kappa shape index (κ1) is 11.1. The van der Waals surface area contributed by atoms with E-state index in [0.29, 0.717) is 12.0 Å². The Morgan fingerprint density at radius 1 is 1.44 bits per heavy atom. The Morgan fingerprint density at radius 3 is 2.69 bits per heavy atom. The molecule has 2 rings (SSSR count). The zero-order valence-electron chi connectivity index (χ0n) is 9.00. The maximum atomic E-state index is 11.6. The zero-order valence-corrected chi connectivity index (χ0v) is 9.00. The van der Waals surface area contributed by atoms with Crippen molar-refractivity contribution >= 4 is 5.97 Å². The quantitative estimate of drug-likeness (QED) is 0.771. The fourth-order valence-corrected chi connectivity index (χ4v) is 1.60. The van der Waals surface area contributed by atoms with E-state index in [1.807, 2.05) is 13.0 Å². The summed E-state index contributed by atoms with van der Waals surface area (Å²) in [6.07, 6.45) is -0.953. The molecule has 1 aromatic rings. The Balaban J connectivity index is 1.94. The van der Waals surface area contributed by atoms with Gasteiger partial charge in [-0.1, -0.05) is 25.1 Å². The number of esters is 1. The summed E-state index contributed by atoms with van der Waals surface area (Å²) in [5, 5.41) is 9.34. The minimum atomic E-state index is -0.839. The Morgan fingerprint density at radius 2 is 2.12 bits per heavy atom. The molecule has 0 bridgehead atoms. The highest BCUT2D eigenvalue weighted by molar-refractivity contribution is 5.89. The number of ether oxygens (including phenoxy) is 2. The fraction of sp³-hybridized carbons (Fsp3) is 0.417. The Kier molecular flexibility index (Phi) is 3.22. The number of hydrogen-bond donors (Lipinski definition) is 1. The molecule has 16 heavy (non-hydrogen) atoms. The van der Waals surface area contributed by atoms with E-state index in [4.69, 9.17) is 9.47 Å². The molecule has 1 N–H and O–H groups in total. The van der Waals surface area contributed by atoms with Crippen LogP contribution in [0.25, 0.3) is 0 Å². The lowest BCUT2D eigenvalue weighted by Gasteiger charge is -2.11. The third kappa shape index (κ3) is 2.40. The van der Waals surface area contributed by atoms with Gasteiger partial charge in [-0.05, 0) is 12.1 Å². The highest BCUT2D eigenvalue weighted by Gasteiger charge is 2.33. The number of carbonyl (C=O) groups is 1. The largest absolute Gasteiger partial charge is 0.432 e. The summed E-state index contributed by atoms with van der Waals surface area (Å²) in [7, 11) is 0. The predicted octanol–water partition coefficient (Wildman–Crippen LogP) is 1.54. The molecule has 4 nitrogen and oxygen atoms in total. The average Bonchev–Trinajstić information content (AvgIpc) is 2.59. The van der Waals surface area contributed by atoms with E-state index in [1.165, 1.54) is 0 Å². The van der Waals surface area contributed by atoms with Crippen LogP contribution < -0.4 is 0 Å². The van der Waals surface area contributed by atoms with E-state index < -0.39 is 18.5 Å². The molecule has 1 aromatic carbocycles. The molecule has 0 spiro atoms. The van der Waals surface area contributed by atoms with Crippen LogP contribution in [0, 0.1) is 5.92 Å². The number of carbonyl (C=O) groups excluding carboxylic acids is 1. The molecule has 0 radical (unpaired) electrons. The number of aliphatic hydroxyl groups excluding tert-OH is 1. The summed E-state index contributed by atoms with van der Waals surface area (Å²) in [6.45, 7) is 1.85. The van der Waals surface area contributed by atoms with Crippen LogP contribution in [-0.4, -0.2) is 23.7 Å². The van der Waals surface area contributed by atoms with E-state index in [1.54, 1.807) is 24.3 Å². The Bertz CT molecular complexity index is 353. The zero-order chi connectivity index (χ0) is 11.5. The van der Waals surface area contributed by atoms with Crippen molar-refractivity contribution < 1.29 is 19.4 Å². The maximum Gasteiger partial charge on any atom is 0.340 e. The summed E-state index contributed by atoms with van der Waals surface area (Å²) in [5.41, 5.74) is 0.486. The molecule has 1 saturated heterocycles. The highest BCUT2D eigenvalue weighted by atomic mass is 16.7. The van der Waals surface area contributed by atoms with Gasteiger partial charge in [0.15, 0.2) is 6.29 Å². The minimum Gasteiger partial charge on any atom is -0.432 e. The smallest absolute Gasteiger partial charge is 0.340 e. The van der Waals surface area contributed by atoms with Gasteiger partial charge in [0.1, 0.15) is 0 Å². The Labute approximate surface area is 93.8 Å². The summed E-state index contributed by atoms with van der Waals surface area (Å²) in [4.78, 5) is 11.6. The van der Waals surface area contributed by atoms with Crippen molar-refractivity contribution in [2.24, 2.45) is 5.92 Å². The van der Waals surface area contributed by atoms with Crippen LogP contribution in [0.5, 0.6) is 0 Å². The second-order valence-electron chi connectivity index (χ2n) is 3.94. The van der Waals surface area contributed by atoms with Gasteiger partial charge in [-0.3, -0.25) is 0 Å². The van der Waals surface area contributed by atoms with Gasteiger partial charge in [-0.25, -0.2) is 4.79 Å². The van der Waals surface area contributed by atoms with E-state index >= 15 is 0 Å². The van der Waals surface area contributed by atoms with Crippen molar-refractivity contribution in [1.29, 1.82) is 0 Å². The topological polar surface area (TPSA) is 55.8 Å². The molecule has 0 amide bonds. The van der Waals surface area contributed by atoms with E-state index in [-0.39, 0.29) is 5.92 Å². The number of benzene rings is 1. The van der Waals surface area contributed by atoms with Crippen molar-refractivity contribution in [1.82, 2.24) is 0 Å². The molecule has 0 aromatic heterocycles. The van der Waals surface area contributed by atoms with Crippen LogP contribution >= 0.6 is 0 Å². The number of hydrogen-bond acceptors (Lipinski definition) is 4. The van der Waals surface area contributed by atoms with Crippen LogP contribution in [0.15, 0.2) is 30.3 Å². The van der Waals surface area contributed by atoms with Crippen molar-refractivity contribution in [3.05, 3.63) is 35.9 Å². The lowest BCUT2D eigenvalue weighted by molar-refractivity contribution is -0.169. The van der Waals surface area contributed by atoms with Crippen LogP contribution in [0.1, 0.15) is 23.7 Å². The third-order valence-corrected chi connectivity index (χ3v) is 2.59. The lowest BCUT2D eigenvalue weighted by atomic mass is 10.1. The van der Waals surface area contributed by atoms with Gasteiger partial charge in [0.05, 0.1) is 5.56 Å². The maximum absolute atomic E-state index is 11.6. The molecule has 1 fully saturated rings. The van der Waals surface area contributed by atoms with Crippen molar-refractivity contribution in [3.63, 3.8) is 0 Å². The molecule has 1 aliphatic rings. The van der Waals surface area contributed by atoms with Crippen molar-refractivity contribution in [2.45, 2.75) is 25.9 Å². The average molecular weight is 222 g/mol. The summed E-state index contributed by atoms with van der Waals surface area (Å²) >= 11 is 0. The van der Waals surface area contributed by atoms with E-state index in [0.717, 1.165) is 0 Å². The van der Waals surface area contributed by atoms with Gasteiger partial charge in [0.25, 0.3) is 0 Å². The Hall–Kier alpha value is -1.39. The van der Waals surface area contributed by atoms with Crippen LogP contribution in [0.3, 0.4) is 0 Å². The van der Waals surface area contributed by atoms with E-state index in [9.17, 15) is 9.90 Å². The van der Waals surface area contributed by atoms with Gasteiger partial charge in [-0.15, -0.1) is 0 Å². The van der Waals surface area contributed by atoms with Gasteiger partial charge in [0, 0.05) is 12.3 Å². The first-order valence-corrected chi connectivity index (χ1v) is 5.26. The second-order valence-corrected chi connectivity index (χ2v) is 3.94. The molecule has 3 atom stereocenters. The number of aliphatic hydroxyl groups is 1. The first-order chi connectivity index (χ1) is 7.66.